The van der Waals surface area contributed by atoms with Crippen LogP contribution in [0.25, 0.3) is 11.1 Å². The number of pyridine rings is 1. The van der Waals surface area contributed by atoms with Crippen molar-refractivity contribution < 1.29 is 19.1 Å². The molecule has 0 saturated heterocycles. The first-order chi connectivity index (χ1) is 11.7. The van der Waals surface area contributed by atoms with Crippen LogP contribution in [0.1, 0.15) is 41.7 Å². The van der Waals surface area contributed by atoms with E-state index in [9.17, 15) is 14.7 Å². The second-order valence-electron chi connectivity index (χ2n) is 6.81. The van der Waals surface area contributed by atoms with Gasteiger partial charge in [-0.3, -0.25) is 9.59 Å². The van der Waals surface area contributed by atoms with Gasteiger partial charge in [0, 0.05) is 16.4 Å². The lowest BCUT2D eigenvalue weighted by Crippen LogP contribution is -2.19. The van der Waals surface area contributed by atoms with Crippen molar-refractivity contribution in [3.63, 3.8) is 0 Å². The second-order valence-corrected chi connectivity index (χ2v) is 6.81. The minimum atomic E-state index is -0.552. The summed E-state index contributed by atoms with van der Waals surface area (Å²) in [6.07, 6.45) is 1.47. The van der Waals surface area contributed by atoms with Crippen LogP contribution in [-0.2, 0) is 0 Å². The van der Waals surface area contributed by atoms with Gasteiger partial charge < -0.3 is 14.8 Å². The minimum absolute atomic E-state index is 0.0917. The van der Waals surface area contributed by atoms with E-state index in [1.165, 1.54) is 30.5 Å². The van der Waals surface area contributed by atoms with Crippen LogP contribution in [0.15, 0.2) is 47.0 Å². The fourth-order valence-electron chi connectivity index (χ4n) is 2.30. The van der Waals surface area contributed by atoms with Crippen molar-refractivity contribution in [1.29, 1.82) is 0 Å². The van der Waals surface area contributed by atoms with Crippen molar-refractivity contribution in [2.75, 3.05) is 5.32 Å². The number of phenolic OH excluding ortho intramolecular Hbond substituents is 1. The average molecular weight is 338 g/mol. The number of hydrogen-bond acceptors (Lipinski definition) is 5. The number of aromatic hydroxyl groups is 1. The highest BCUT2D eigenvalue weighted by Crippen LogP contribution is 2.26. The molecule has 0 radical (unpaired) electrons. The molecule has 25 heavy (non-hydrogen) atoms. The van der Waals surface area contributed by atoms with Crippen molar-refractivity contribution in [1.82, 2.24) is 4.98 Å². The van der Waals surface area contributed by atoms with Gasteiger partial charge >= 0.3 is 0 Å². The van der Waals surface area contributed by atoms with Crippen LogP contribution in [0.2, 0.25) is 0 Å². The van der Waals surface area contributed by atoms with E-state index in [-0.39, 0.29) is 23.2 Å². The molecule has 0 aliphatic heterocycles. The highest BCUT2D eigenvalue weighted by atomic mass is 16.4. The molecular weight excluding hydrogens is 320 g/mol. The van der Waals surface area contributed by atoms with Gasteiger partial charge in [-0.15, -0.1) is 0 Å². The van der Waals surface area contributed by atoms with E-state index < -0.39 is 5.41 Å². The third-order valence-electron chi connectivity index (χ3n) is 3.66. The topological polar surface area (TPSA) is 92.4 Å². The summed E-state index contributed by atoms with van der Waals surface area (Å²) in [4.78, 5) is 28.7. The Kier molecular flexibility index (Phi) is 4.04. The lowest BCUT2D eigenvalue weighted by molar-refractivity contribution is 0.0830. The quantitative estimate of drug-likeness (QED) is 0.704. The number of Topliss-reactive ketones (excluding diaryl/α,β-unsaturated/α-hetero) is 1. The summed E-state index contributed by atoms with van der Waals surface area (Å²) >= 11 is 0. The molecule has 1 amide bonds. The van der Waals surface area contributed by atoms with Gasteiger partial charge in [-0.05, 0) is 36.4 Å². The van der Waals surface area contributed by atoms with E-state index in [1.54, 1.807) is 12.1 Å². The Morgan fingerprint density at radius 1 is 1.12 bits per heavy atom. The molecule has 0 spiro atoms. The van der Waals surface area contributed by atoms with E-state index in [4.69, 9.17) is 4.42 Å². The van der Waals surface area contributed by atoms with Gasteiger partial charge in [0.25, 0.3) is 5.91 Å². The number of ketones is 1. The number of rotatable bonds is 3. The Morgan fingerprint density at radius 2 is 1.80 bits per heavy atom. The highest BCUT2D eigenvalue weighted by molar-refractivity contribution is 6.05. The second kappa shape index (κ2) is 6.05. The predicted octanol–water partition coefficient (Wildman–Crippen LogP) is 4.01. The van der Waals surface area contributed by atoms with Crippen molar-refractivity contribution in [3.8, 4) is 5.75 Å². The third-order valence-corrected chi connectivity index (χ3v) is 3.66. The minimum Gasteiger partial charge on any atom is -0.508 e. The van der Waals surface area contributed by atoms with Crippen molar-refractivity contribution >= 4 is 28.5 Å². The molecular formula is C19H18N2O4. The number of hydrogen-bond donors (Lipinski definition) is 2. The molecule has 0 aliphatic rings. The van der Waals surface area contributed by atoms with Crippen LogP contribution in [0.5, 0.6) is 5.75 Å². The van der Waals surface area contributed by atoms with Gasteiger partial charge in [0.05, 0.1) is 11.9 Å². The van der Waals surface area contributed by atoms with Gasteiger partial charge in [0.1, 0.15) is 5.75 Å². The lowest BCUT2D eigenvalue weighted by Gasteiger charge is -2.13. The number of furan rings is 1. The van der Waals surface area contributed by atoms with Crippen LogP contribution in [0, 0.1) is 5.41 Å². The number of carbonyl (C=O) groups is 2. The first-order valence-corrected chi connectivity index (χ1v) is 7.79. The SMILES string of the molecule is CC(C)(C)C(=O)c1cc2cc(NC(=O)c3ccc(O)cc3)cnc2o1. The first-order valence-electron chi connectivity index (χ1n) is 7.79. The first kappa shape index (κ1) is 16.7. The van der Waals surface area contributed by atoms with Crippen LogP contribution in [0.4, 0.5) is 5.69 Å². The van der Waals surface area contributed by atoms with Crippen LogP contribution >= 0.6 is 0 Å². The third kappa shape index (κ3) is 3.52. The zero-order valence-electron chi connectivity index (χ0n) is 14.2. The molecule has 6 heteroatoms. The number of nitrogens with zero attached hydrogens (tertiary/aromatic N) is 1. The summed E-state index contributed by atoms with van der Waals surface area (Å²) in [6, 6.07) is 9.26. The van der Waals surface area contributed by atoms with Crippen molar-refractivity contribution in [2.24, 2.45) is 5.41 Å². The molecule has 1 aromatic carbocycles. The fourth-order valence-corrected chi connectivity index (χ4v) is 2.30. The van der Waals surface area contributed by atoms with Crippen molar-refractivity contribution in [3.05, 3.63) is 53.9 Å². The zero-order chi connectivity index (χ0) is 18.2. The number of phenols is 1. The summed E-state index contributed by atoms with van der Waals surface area (Å²) in [7, 11) is 0. The van der Waals surface area contributed by atoms with Gasteiger partial charge in [-0.1, -0.05) is 20.8 Å². The number of anilines is 1. The van der Waals surface area contributed by atoms with Gasteiger partial charge in [-0.2, -0.15) is 0 Å². The normalized spacial score (nSPS) is 11.5. The van der Waals surface area contributed by atoms with E-state index in [0.717, 1.165) is 0 Å². The summed E-state index contributed by atoms with van der Waals surface area (Å²) < 4.78 is 5.51. The molecule has 2 aromatic heterocycles. The molecule has 0 fully saturated rings. The van der Waals surface area contributed by atoms with E-state index >= 15 is 0 Å². The highest BCUT2D eigenvalue weighted by Gasteiger charge is 2.26. The molecule has 0 saturated carbocycles. The fraction of sp³-hybridized carbons (Fsp3) is 0.211. The summed E-state index contributed by atoms with van der Waals surface area (Å²) in [6.45, 7) is 5.46. The number of nitrogens with one attached hydrogen (secondary N) is 1. The average Bonchev–Trinajstić information content (AvgIpc) is 2.96. The lowest BCUT2D eigenvalue weighted by atomic mass is 9.89. The largest absolute Gasteiger partial charge is 0.508 e. The molecule has 2 heterocycles. The van der Waals surface area contributed by atoms with E-state index in [0.29, 0.717) is 22.4 Å². The Balaban J connectivity index is 1.85. The molecule has 2 N–H and O–H groups in total. The molecule has 3 rings (SSSR count). The van der Waals surface area contributed by atoms with Crippen LogP contribution < -0.4 is 5.32 Å². The van der Waals surface area contributed by atoms with Gasteiger partial charge in [0.2, 0.25) is 11.5 Å². The maximum atomic E-state index is 12.3. The smallest absolute Gasteiger partial charge is 0.255 e. The molecule has 0 aliphatic carbocycles. The molecule has 3 aromatic rings. The molecule has 128 valence electrons. The van der Waals surface area contributed by atoms with Gasteiger partial charge in [-0.25, -0.2) is 4.98 Å². The maximum absolute atomic E-state index is 12.3. The molecule has 0 bridgehead atoms. The summed E-state index contributed by atoms with van der Waals surface area (Å²) in [5.74, 6) is -0.0955. The number of amides is 1. The van der Waals surface area contributed by atoms with Crippen molar-refractivity contribution in [2.45, 2.75) is 20.8 Å². The Bertz CT molecular complexity index is 950. The predicted molar refractivity (Wildman–Crippen MR) is 93.9 cm³/mol. The Hall–Kier alpha value is -3.15. The van der Waals surface area contributed by atoms with E-state index in [2.05, 4.69) is 10.3 Å². The molecule has 0 unspecified atom stereocenters. The number of benzene rings is 1. The van der Waals surface area contributed by atoms with Gasteiger partial charge in [0.15, 0.2) is 5.76 Å². The number of aromatic nitrogens is 1. The summed E-state index contributed by atoms with van der Waals surface area (Å²) in [5, 5.41) is 12.6. The molecule has 0 atom stereocenters. The standard InChI is InChI=1S/C19H18N2O4/c1-19(2,3)16(23)15-9-12-8-13(10-20-18(12)25-15)21-17(24)11-4-6-14(22)7-5-11/h4-10,22H,1-3H3,(H,21,24). The monoisotopic (exact) mass is 338 g/mol. The maximum Gasteiger partial charge on any atom is 0.255 e. The zero-order valence-corrected chi connectivity index (χ0v) is 14.2. The molecule has 6 nitrogen and oxygen atoms in total. The Labute approximate surface area is 144 Å². The van der Waals surface area contributed by atoms with Crippen LogP contribution in [0.3, 0.4) is 0 Å². The van der Waals surface area contributed by atoms with E-state index in [1.807, 2.05) is 20.8 Å². The summed E-state index contributed by atoms with van der Waals surface area (Å²) in [5.41, 5.74) is 0.689. The number of fused-ring (bicyclic) bond motifs is 1. The number of carbonyl (C=O) groups excluding carboxylic acids is 2. The van der Waals surface area contributed by atoms with Crippen LogP contribution in [-0.4, -0.2) is 21.8 Å². The Morgan fingerprint density at radius 3 is 2.44 bits per heavy atom.